The van der Waals surface area contributed by atoms with Gasteiger partial charge in [-0.05, 0) is 0 Å². The third-order valence-electron chi connectivity index (χ3n) is 4.11. The van der Waals surface area contributed by atoms with Crippen LogP contribution in [0, 0.1) is 11.8 Å². The minimum absolute atomic E-state index is 0.0185. The van der Waals surface area contributed by atoms with Gasteiger partial charge in [0, 0.05) is 0 Å². The molecular weight excluding hydrogens is 319 g/mol. The van der Waals surface area contributed by atoms with Gasteiger partial charge in [-0.2, -0.15) is 0 Å². The first kappa shape index (κ1) is 15.6. The summed E-state index contributed by atoms with van der Waals surface area (Å²) in [6.07, 6.45) is 1.03. The van der Waals surface area contributed by atoms with Crippen LogP contribution in [0.2, 0.25) is 4.31 Å². The topological polar surface area (TPSA) is 46.5 Å². The van der Waals surface area contributed by atoms with Crippen LogP contribution in [0.4, 0.5) is 0 Å². The molecule has 1 aromatic carbocycles. The fraction of sp³-hybridized carbons (Fsp3) is 0.562. The molecule has 1 saturated carbocycles. The van der Waals surface area contributed by atoms with Gasteiger partial charge in [0.2, 0.25) is 0 Å². The quantitative estimate of drug-likeness (QED) is 0.671. The molecule has 1 N–H and O–H groups in total. The summed E-state index contributed by atoms with van der Waals surface area (Å²) in [6, 6.07) is 10.4. The Kier molecular flexibility index (Phi) is 4.90. The van der Waals surface area contributed by atoms with E-state index in [0.29, 0.717) is 6.42 Å². The number of aliphatic hydroxyl groups is 1. The monoisotopic (exact) mass is 342 g/mol. The second-order valence-corrected chi connectivity index (χ2v) is 9.44. The first-order valence-electron chi connectivity index (χ1n) is 6.95. The number of hydrogen-bond acceptors (Lipinski definition) is 3. The van der Waals surface area contributed by atoms with Crippen LogP contribution in [-0.2, 0) is 9.53 Å². The van der Waals surface area contributed by atoms with Crippen LogP contribution in [0.25, 0.3) is 0 Å². The number of hydrogen-bond donors (Lipinski definition) is 1. The van der Waals surface area contributed by atoms with Crippen molar-refractivity contribution in [2.45, 2.75) is 37.1 Å². The maximum atomic E-state index is 12.0. The fourth-order valence-electron chi connectivity index (χ4n) is 3.08. The second kappa shape index (κ2) is 6.30. The molecule has 1 fully saturated rings. The van der Waals surface area contributed by atoms with E-state index in [2.05, 4.69) is 38.1 Å². The molecule has 110 valence electrons. The van der Waals surface area contributed by atoms with Crippen molar-refractivity contribution in [1.29, 1.82) is 0 Å². The number of benzene rings is 1. The van der Waals surface area contributed by atoms with Gasteiger partial charge in [0.25, 0.3) is 0 Å². The summed E-state index contributed by atoms with van der Waals surface area (Å²) in [5, 5.41) is 10.1. The molecule has 0 aliphatic heterocycles. The Hall–Kier alpha value is -0.831. The number of esters is 1. The van der Waals surface area contributed by atoms with Gasteiger partial charge in [0.15, 0.2) is 0 Å². The summed E-state index contributed by atoms with van der Waals surface area (Å²) >= 11 is 0.259. The van der Waals surface area contributed by atoms with E-state index in [1.807, 2.05) is 6.07 Å². The van der Waals surface area contributed by atoms with Crippen molar-refractivity contribution >= 4 is 25.4 Å². The zero-order valence-electron chi connectivity index (χ0n) is 12.2. The number of methoxy groups -OCH3 is 1. The molecule has 0 amide bonds. The van der Waals surface area contributed by atoms with E-state index in [1.165, 1.54) is 11.6 Å². The minimum atomic E-state index is -0.557. The van der Waals surface area contributed by atoms with Crippen LogP contribution < -0.4 is 4.46 Å². The molecule has 2 rings (SSSR count). The van der Waals surface area contributed by atoms with Crippen molar-refractivity contribution in [3.63, 3.8) is 0 Å². The van der Waals surface area contributed by atoms with Crippen molar-refractivity contribution in [3.05, 3.63) is 30.3 Å². The molecule has 4 heteroatoms. The van der Waals surface area contributed by atoms with Gasteiger partial charge >= 0.3 is 126 Å². The van der Waals surface area contributed by atoms with E-state index in [9.17, 15) is 9.90 Å². The molecule has 1 aliphatic rings. The van der Waals surface area contributed by atoms with Crippen LogP contribution in [0.15, 0.2) is 30.3 Å². The number of carbonyl (C=O) groups excluding carboxylic acids is 1. The van der Waals surface area contributed by atoms with Crippen LogP contribution in [-0.4, -0.2) is 39.2 Å². The van der Waals surface area contributed by atoms with E-state index < -0.39 is 6.10 Å². The summed E-state index contributed by atoms with van der Waals surface area (Å²) in [4.78, 5) is 12.0. The van der Waals surface area contributed by atoms with Gasteiger partial charge in [-0.15, -0.1) is 0 Å². The number of rotatable bonds is 4. The van der Waals surface area contributed by atoms with Gasteiger partial charge in [0.05, 0.1) is 0 Å². The molecule has 0 unspecified atom stereocenters. The van der Waals surface area contributed by atoms with Crippen LogP contribution >= 0.6 is 0 Å². The van der Waals surface area contributed by atoms with E-state index in [1.54, 1.807) is 0 Å². The normalized spacial score (nSPS) is 26.5. The molecule has 20 heavy (non-hydrogen) atoms. The van der Waals surface area contributed by atoms with Crippen molar-refractivity contribution in [3.8, 4) is 0 Å². The molecule has 0 radical (unpaired) electrons. The van der Waals surface area contributed by atoms with Gasteiger partial charge in [-0.3, -0.25) is 0 Å². The average Bonchev–Trinajstić information content (AvgIpc) is 2.81. The van der Waals surface area contributed by atoms with E-state index in [0.717, 1.165) is 6.42 Å². The fourth-order valence-corrected chi connectivity index (χ4v) is 5.85. The molecule has 3 nitrogen and oxygen atoms in total. The summed E-state index contributed by atoms with van der Waals surface area (Å²) in [6.45, 7) is 4.41. The first-order chi connectivity index (χ1) is 9.45. The van der Waals surface area contributed by atoms with Crippen molar-refractivity contribution in [1.82, 2.24) is 0 Å². The zero-order valence-corrected chi connectivity index (χ0v) is 13.9. The Bertz CT molecular complexity index is 458. The molecular formula is C16H22O3Se. The Morgan fingerprint density at radius 2 is 1.95 bits per heavy atom. The van der Waals surface area contributed by atoms with E-state index >= 15 is 0 Å². The standard InChI is InChI=1S/C16H22O3Se/c1-16(2,20-11-7-5-4-6-8-11)12-9-10-13(17)14(12)15(18)19-3/h4-8,12-14,17H,9-10H2,1-3H3/t12-,13-,14+/m1/s1. The first-order valence-corrected chi connectivity index (χ1v) is 8.67. The van der Waals surface area contributed by atoms with Crippen molar-refractivity contribution < 1.29 is 14.6 Å². The Morgan fingerprint density at radius 1 is 1.30 bits per heavy atom. The van der Waals surface area contributed by atoms with Gasteiger partial charge < -0.3 is 0 Å². The number of carbonyl (C=O) groups is 1. The molecule has 3 atom stereocenters. The molecule has 0 saturated heterocycles. The predicted molar refractivity (Wildman–Crippen MR) is 80.1 cm³/mol. The third kappa shape index (κ3) is 3.25. The van der Waals surface area contributed by atoms with Crippen LogP contribution in [0.3, 0.4) is 0 Å². The molecule has 0 aromatic heterocycles. The Labute approximate surface area is 126 Å². The summed E-state index contributed by atoms with van der Waals surface area (Å²) in [5.41, 5.74) is 0. The van der Waals surface area contributed by atoms with Gasteiger partial charge in [-0.1, -0.05) is 0 Å². The number of ether oxygens (including phenoxy) is 1. The number of aliphatic hydroxyl groups excluding tert-OH is 1. The Morgan fingerprint density at radius 3 is 2.55 bits per heavy atom. The van der Waals surface area contributed by atoms with Crippen LogP contribution in [0.1, 0.15) is 26.7 Å². The Balaban J connectivity index is 2.17. The summed E-state index contributed by atoms with van der Waals surface area (Å²) in [7, 11) is 1.40. The SMILES string of the molecule is COC(=O)[C@@H]1[C@H](O)CC[C@H]1C(C)(C)[Se]c1ccccc1. The zero-order chi connectivity index (χ0) is 14.8. The molecule has 1 aliphatic carbocycles. The van der Waals surface area contributed by atoms with E-state index in [4.69, 9.17) is 4.74 Å². The van der Waals surface area contributed by atoms with E-state index in [-0.39, 0.29) is 37.1 Å². The summed E-state index contributed by atoms with van der Waals surface area (Å²) in [5.74, 6) is -0.456. The molecule has 0 spiro atoms. The van der Waals surface area contributed by atoms with Crippen molar-refractivity contribution in [2.24, 2.45) is 11.8 Å². The molecule has 1 aromatic rings. The second-order valence-electron chi connectivity index (χ2n) is 5.82. The summed E-state index contributed by atoms with van der Waals surface area (Å²) < 4.78 is 6.24. The van der Waals surface area contributed by atoms with Gasteiger partial charge in [-0.25, -0.2) is 0 Å². The maximum absolute atomic E-state index is 12.0. The van der Waals surface area contributed by atoms with Gasteiger partial charge in [0.1, 0.15) is 0 Å². The predicted octanol–water partition coefficient (Wildman–Crippen LogP) is 1.77. The molecule has 0 heterocycles. The van der Waals surface area contributed by atoms with Crippen LogP contribution in [0.5, 0.6) is 0 Å². The third-order valence-corrected chi connectivity index (χ3v) is 6.92. The van der Waals surface area contributed by atoms with Crippen molar-refractivity contribution in [2.75, 3.05) is 7.11 Å². The molecule has 0 bridgehead atoms. The average molecular weight is 341 g/mol.